The van der Waals surface area contributed by atoms with Gasteiger partial charge in [-0.3, -0.25) is 0 Å². The van der Waals surface area contributed by atoms with Gasteiger partial charge in [0, 0.05) is 0 Å². The van der Waals surface area contributed by atoms with E-state index in [4.69, 9.17) is 5.11 Å². The van der Waals surface area contributed by atoms with Crippen LogP contribution >= 0.6 is 0 Å². The van der Waals surface area contributed by atoms with Gasteiger partial charge in [0.2, 0.25) is 0 Å². The van der Waals surface area contributed by atoms with Gasteiger partial charge in [0.15, 0.2) is 0 Å². The normalized spacial score (nSPS) is 10.4. The minimum absolute atomic E-state index is 0.0749. The van der Waals surface area contributed by atoms with Crippen LogP contribution in [0.4, 0.5) is 0 Å². The van der Waals surface area contributed by atoms with Crippen molar-refractivity contribution in [1.82, 2.24) is 0 Å². The Kier molecular flexibility index (Phi) is 3.30. The van der Waals surface area contributed by atoms with Crippen LogP contribution in [0.2, 0.25) is 0 Å². The predicted molar refractivity (Wildman–Crippen MR) is 52.7 cm³/mol. The fraction of sp³-hybridized carbons (Fsp3) is 0.0909. The fourth-order valence-electron chi connectivity index (χ4n) is 1.03. The van der Waals surface area contributed by atoms with Crippen LogP contribution in [0.5, 0.6) is 0 Å². The third-order valence-electron chi connectivity index (χ3n) is 1.62. The average molecular weight is 160 g/mol. The van der Waals surface area contributed by atoms with Gasteiger partial charge >= 0.3 is 0 Å². The molecule has 1 heteroatoms. The molecule has 0 aromatic heterocycles. The van der Waals surface area contributed by atoms with E-state index >= 15 is 0 Å². The zero-order valence-corrected chi connectivity index (χ0v) is 6.90. The summed E-state index contributed by atoms with van der Waals surface area (Å²) in [5.41, 5.74) is 2.17. The van der Waals surface area contributed by atoms with Crippen molar-refractivity contribution >= 4 is 12.2 Å². The average Bonchev–Trinajstić information content (AvgIpc) is 2.15. The smallest absolute Gasteiger partial charge is 0.0615 e. The second-order valence-corrected chi connectivity index (χ2v) is 2.42. The van der Waals surface area contributed by atoms with Crippen molar-refractivity contribution < 1.29 is 5.11 Å². The molecule has 0 atom stereocenters. The van der Waals surface area contributed by atoms with E-state index in [1.54, 1.807) is 12.2 Å². The van der Waals surface area contributed by atoms with Crippen LogP contribution in [-0.4, -0.2) is 11.7 Å². The zero-order valence-electron chi connectivity index (χ0n) is 6.90. The topological polar surface area (TPSA) is 20.2 Å². The largest absolute Gasteiger partial charge is 0.392 e. The molecule has 0 aliphatic carbocycles. The first-order valence-electron chi connectivity index (χ1n) is 3.87. The SMILES string of the molecule is C=Cc1ccccc1C=CCO. The molecule has 0 saturated carbocycles. The first-order chi connectivity index (χ1) is 5.88. The number of hydrogen-bond donors (Lipinski definition) is 1. The third-order valence-corrected chi connectivity index (χ3v) is 1.62. The Balaban J connectivity index is 2.96. The van der Waals surface area contributed by atoms with Gasteiger partial charge in [0.05, 0.1) is 6.61 Å². The lowest BCUT2D eigenvalue weighted by Gasteiger charge is -1.98. The van der Waals surface area contributed by atoms with Crippen molar-refractivity contribution in [2.24, 2.45) is 0 Å². The quantitative estimate of drug-likeness (QED) is 0.719. The highest BCUT2D eigenvalue weighted by Gasteiger charge is 1.91. The number of rotatable bonds is 3. The number of benzene rings is 1. The zero-order chi connectivity index (χ0) is 8.81. The van der Waals surface area contributed by atoms with E-state index in [1.165, 1.54) is 0 Å². The van der Waals surface area contributed by atoms with Gasteiger partial charge in [-0.2, -0.15) is 0 Å². The highest BCUT2D eigenvalue weighted by molar-refractivity contribution is 5.64. The van der Waals surface area contributed by atoms with Gasteiger partial charge in [-0.1, -0.05) is 49.1 Å². The highest BCUT2D eigenvalue weighted by atomic mass is 16.2. The fourth-order valence-corrected chi connectivity index (χ4v) is 1.03. The van der Waals surface area contributed by atoms with E-state index in [9.17, 15) is 0 Å². The van der Waals surface area contributed by atoms with Crippen LogP contribution in [0, 0.1) is 0 Å². The Bertz CT molecular complexity index is 287. The van der Waals surface area contributed by atoms with E-state index in [-0.39, 0.29) is 6.61 Å². The van der Waals surface area contributed by atoms with Crippen molar-refractivity contribution in [2.75, 3.05) is 6.61 Å². The molecule has 0 spiro atoms. The van der Waals surface area contributed by atoms with Crippen LogP contribution < -0.4 is 0 Å². The van der Waals surface area contributed by atoms with Gasteiger partial charge in [0.25, 0.3) is 0 Å². The maximum Gasteiger partial charge on any atom is 0.0615 e. The molecule has 0 aliphatic heterocycles. The lowest BCUT2D eigenvalue weighted by atomic mass is 10.1. The van der Waals surface area contributed by atoms with Gasteiger partial charge in [-0.25, -0.2) is 0 Å². The molecule has 1 nitrogen and oxygen atoms in total. The van der Waals surface area contributed by atoms with Crippen molar-refractivity contribution in [3.8, 4) is 0 Å². The Morgan fingerprint density at radius 2 is 1.92 bits per heavy atom. The van der Waals surface area contributed by atoms with Crippen LogP contribution in [0.15, 0.2) is 36.9 Å². The summed E-state index contributed by atoms with van der Waals surface area (Å²) in [6, 6.07) is 7.91. The Hall–Kier alpha value is -1.34. The molecule has 1 aromatic carbocycles. The molecule has 62 valence electrons. The number of aliphatic hydroxyl groups is 1. The predicted octanol–water partition coefficient (Wildman–Crippen LogP) is 2.34. The molecule has 0 fully saturated rings. The van der Waals surface area contributed by atoms with Crippen LogP contribution in [0.25, 0.3) is 12.2 Å². The van der Waals surface area contributed by atoms with Gasteiger partial charge < -0.3 is 5.11 Å². The molecule has 12 heavy (non-hydrogen) atoms. The van der Waals surface area contributed by atoms with E-state index in [0.717, 1.165) is 11.1 Å². The molecule has 0 aliphatic rings. The molecular weight excluding hydrogens is 148 g/mol. The minimum Gasteiger partial charge on any atom is -0.392 e. The number of hydrogen-bond acceptors (Lipinski definition) is 1. The van der Waals surface area contributed by atoms with Gasteiger partial charge in [0.1, 0.15) is 0 Å². The Morgan fingerprint density at radius 3 is 2.50 bits per heavy atom. The summed E-state index contributed by atoms with van der Waals surface area (Å²) in [5, 5.41) is 8.58. The standard InChI is InChI=1S/C11H12O/c1-2-10-6-3-4-7-11(10)8-5-9-12/h2-8,12H,1,9H2. The Labute approximate surface area is 72.7 Å². The minimum atomic E-state index is 0.0749. The molecule has 0 radical (unpaired) electrons. The molecule has 0 heterocycles. The van der Waals surface area contributed by atoms with Crippen LogP contribution in [-0.2, 0) is 0 Å². The molecule has 1 rings (SSSR count). The molecule has 0 saturated heterocycles. The van der Waals surface area contributed by atoms with Gasteiger partial charge in [-0.05, 0) is 11.1 Å². The summed E-state index contributed by atoms with van der Waals surface area (Å²) in [6.45, 7) is 3.78. The first-order valence-corrected chi connectivity index (χ1v) is 3.87. The van der Waals surface area contributed by atoms with Crippen molar-refractivity contribution in [2.45, 2.75) is 0 Å². The molecule has 1 aromatic rings. The molecule has 0 amide bonds. The number of aliphatic hydroxyl groups excluding tert-OH is 1. The third kappa shape index (κ3) is 2.07. The van der Waals surface area contributed by atoms with Crippen LogP contribution in [0.1, 0.15) is 11.1 Å². The second kappa shape index (κ2) is 4.52. The summed E-state index contributed by atoms with van der Waals surface area (Å²) in [7, 11) is 0. The van der Waals surface area contributed by atoms with E-state index < -0.39 is 0 Å². The Morgan fingerprint density at radius 1 is 1.25 bits per heavy atom. The molecule has 1 N–H and O–H groups in total. The summed E-state index contributed by atoms with van der Waals surface area (Å²) >= 11 is 0. The summed E-state index contributed by atoms with van der Waals surface area (Å²) in [4.78, 5) is 0. The molecular formula is C11H12O. The summed E-state index contributed by atoms with van der Waals surface area (Å²) < 4.78 is 0. The van der Waals surface area contributed by atoms with Crippen molar-refractivity contribution in [3.05, 3.63) is 48.0 Å². The van der Waals surface area contributed by atoms with Crippen LogP contribution in [0.3, 0.4) is 0 Å². The second-order valence-electron chi connectivity index (χ2n) is 2.42. The van der Waals surface area contributed by atoms with E-state index in [1.807, 2.05) is 30.3 Å². The monoisotopic (exact) mass is 160 g/mol. The maximum atomic E-state index is 8.58. The first kappa shape index (κ1) is 8.75. The van der Waals surface area contributed by atoms with E-state index in [2.05, 4.69) is 6.58 Å². The maximum absolute atomic E-state index is 8.58. The summed E-state index contributed by atoms with van der Waals surface area (Å²) in [5.74, 6) is 0. The van der Waals surface area contributed by atoms with Crippen molar-refractivity contribution in [1.29, 1.82) is 0 Å². The molecule has 0 unspecified atom stereocenters. The lowest BCUT2D eigenvalue weighted by molar-refractivity contribution is 0.343. The van der Waals surface area contributed by atoms with E-state index in [0.29, 0.717) is 0 Å². The highest BCUT2D eigenvalue weighted by Crippen LogP contribution is 2.11. The molecule has 0 bridgehead atoms. The summed E-state index contributed by atoms with van der Waals surface area (Å²) in [6.07, 6.45) is 5.40. The lowest BCUT2D eigenvalue weighted by Crippen LogP contribution is -1.79. The van der Waals surface area contributed by atoms with Gasteiger partial charge in [-0.15, -0.1) is 0 Å². The van der Waals surface area contributed by atoms with Crippen molar-refractivity contribution in [3.63, 3.8) is 0 Å².